The Morgan fingerprint density at radius 1 is 1.06 bits per heavy atom. The number of nitrogen functional groups attached to an aromatic ring is 1. The number of hydrogen-bond donors (Lipinski definition) is 2. The summed E-state index contributed by atoms with van der Waals surface area (Å²) in [5.74, 6) is -0.698. The molecule has 0 fully saturated rings. The van der Waals surface area contributed by atoms with Crippen LogP contribution in [0.5, 0.6) is 0 Å². The summed E-state index contributed by atoms with van der Waals surface area (Å²) in [5.41, 5.74) is 11.5. The fraction of sp³-hybridized carbons (Fsp3) is 0.417. The van der Waals surface area contributed by atoms with Gasteiger partial charge in [-0.2, -0.15) is 23.4 Å². The maximum atomic E-state index is 13.4. The van der Waals surface area contributed by atoms with Gasteiger partial charge >= 0.3 is 6.18 Å². The fourth-order valence-corrected chi connectivity index (χ4v) is 3.90. The lowest BCUT2D eigenvalue weighted by Gasteiger charge is -2.27. The van der Waals surface area contributed by atoms with Gasteiger partial charge in [0.2, 0.25) is 0 Å². The van der Waals surface area contributed by atoms with Crippen LogP contribution < -0.4 is 11.5 Å². The molecule has 0 aliphatic heterocycles. The fourth-order valence-electron chi connectivity index (χ4n) is 3.90. The number of aryl methyl sites for hydroxylation is 1. The van der Waals surface area contributed by atoms with Crippen molar-refractivity contribution >= 4 is 17.5 Å². The molecule has 8 nitrogen and oxygen atoms in total. The number of ketones is 1. The van der Waals surface area contributed by atoms with Gasteiger partial charge in [0.25, 0.3) is 5.91 Å². The minimum absolute atomic E-state index is 0.0116. The van der Waals surface area contributed by atoms with Crippen molar-refractivity contribution in [1.82, 2.24) is 19.6 Å². The molecule has 0 saturated carbocycles. The van der Waals surface area contributed by atoms with Gasteiger partial charge < -0.3 is 11.5 Å². The molecule has 0 unspecified atom stereocenters. The number of rotatable bonds is 8. The number of nitrogens with zero attached hydrogens (tertiary/aromatic N) is 4. The highest BCUT2D eigenvalue weighted by molar-refractivity contribution is 6.03. The quantitative estimate of drug-likeness (QED) is 0.498. The average Bonchev–Trinajstić information content (AvgIpc) is 3.27. The Labute approximate surface area is 201 Å². The molecular formula is C24H29F3N6O2. The van der Waals surface area contributed by atoms with Crippen molar-refractivity contribution in [2.75, 3.05) is 5.73 Å². The summed E-state index contributed by atoms with van der Waals surface area (Å²) >= 11 is 0. The van der Waals surface area contributed by atoms with Crippen molar-refractivity contribution in [3.05, 3.63) is 52.8 Å². The largest absolute Gasteiger partial charge is 0.399 e. The van der Waals surface area contributed by atoms with Gasteiger partial charge in [0, 0.05) is 25.1 Å². The lowest BCUT2D eigenvalue weighted by molar-refractivity contribution is -0.182. The topological polar surface area (TPSA) is 122 Å². The van der Waals surface area contributed by atoms with E-state index in [4.69, 9.17) is 11.5 Å². The second-order valence-electron chi connectivity index (χ2n) is 9.37. The number of benzene rings is 1. The molecular weight excluding hydrogens is 461 g/mol. The molecule has 0 saturated heterocycles. The van der Waals surface area contributed by atoms with E-state index < -0.39 is 17.5 Å². The van der Waals surface area contributed by atoms with E-state index in [0.29, 0.717) is 16.8 Å². The molecule has 2 aromatic heterocycles. The molecule has 0 aliphatic carbocycles. The number of anilines is 1. The first kappa shape index (κ1) is 26.0. The SMILES string of the molecule is CC(C)n1nc(-c2ccc(CC(=O)Cc3cc(C(C)(C)C(F)(F)F)n(C)n3)cc2)c(C(N)=O)c1N. The minimum Gasteiger partial charge on any atom is -0.383 e. The van der Waals surface area contributed by atoms with Crippen molar-refractivity contribution in [3.63, 3.8) is 0 Å². The summed E-state index contributed by atoms with van der Waals surface area (Å²) in [5, 5.41) is 8.53. The molecule has 2 heterocycles. The maximum absolute atomic E-state index is 13.4. The molecule has 188 valence electrons. The third kappa shape index (κ3) is 5.08. The van der Waals surface area contributed by atoms with Crippen LogP contribution in [0.3, 0.4) is 0 Å². The van der Waals surface area contributed by atoms with E-state index in [0.717, 1.165) is 13.8 Å². The summed E-state index contributed by atoms with van der Waals surface area (Å²) in [4.78, 5) is 24.6. The molecule has 1 aromatic carbocycles. The highest BCUT2D eigenvalue weighted by Crippen LogP contribution is 2.40. The average molecular weight is 491 g/mol. The van der Waals surface area contributed by atoms with Crippen molar-refractivity contribution in [2.24, 2.45) is 12.8 Å². The van der Waals surface area contributed by atoms with E-state index in [1.807, 2.05) is 13.8 Å². The zero-order chi connectivity index (χ0) is 26.3. The number of nitrogens with two attached hydrogens (primary N) is 2. The van der Waals surface area contributed by atoms with E-state index >= 15 is 0 Å². The molecule has 3 aromatic rings. The summed E-state index contributed by atoms with van der Waals surface area (Å²) in [6.45, 7) is 5.92. The predicted molar refractivity (Wildman–Crippen MR) is 126 cm³/mol. The van der Waals surface area contributed by atoms with Crippen LogP contribution in [-0.2, 0) is 30.1 Å². The number of hydrogen-bond acceptors (Lipinski definition) is 5. The first-order chi connectivity index (χ1) is 16.1. The molecule has 1 amide bonds. The van der Waals surface area contributed by atoms with Gasteiger partial charge in [-0.25, -0.2) is 4.68 Å². The second kappa shape index (κ2) is 9.20. The van der Waals surface area contributed by atoms with Crippen LogP contribution in [0, 0.1) is 0 Å². The van der Waals surface area contributed by atoms with Gasteiger partial charge in [0.1, 0.15) is 28.3 Å². The van der Waals surface area contributed by atoms with Gasteiger partial charge in [-0.15, -0.1) is 0 Å². The first-order valence-electron chi connectivity index (χ1n) is 11.0. The predicted octanol–water partition coefficient (Wildman–Crippen LogP) is 3.74. The highest BCUT2D eigenvalue weighted by atomic mass is 19.4. The van der Waals surface area contributed by atoms with Crippen LogP contribution >= 0.6 is 0 Å². The highest BCUT2D eigenvalue weighted by Gasteiger charge is 2.50. The van der Waals surface area contributed by atoms with Gasteiger partial charge in [0.05, 0.1) is 17.8 Å². The number of aromatic nitrogens is 4. The van der Waals surface area contributed by atoms with Crippen LogP contribution in [0.4, 0.5) is 19.0 Å². The van der Waals surface area contributed by atoms with Crippen molar-refractivity contribution in [1.29, 1.82) is 0 Å². The van der Waals surface area contributed by atoms with Crippen molar-refractivity contribution < 1.29 is 22.8 Å². The van der Waals surface area contributed by atoms with E-state index in [1.54, 1.807) is 24.3 Å². The lowest BCUT2D eigenvalue weighted by Crippen LogP contribution is -2.38. The van der Waals surface area contributed by atoms with Crippen LogP contribution in [0.1, 0.15) is 61.0 Å². The zero-order valence-corrected chi connectivity index (χ0v) is 20.3. The molecule has 0 radical (unpaired) electrons. The van der Waals surface area contributed by atoms with Crippen LogP contribution in [0.2, 0.25) is 0 Å². The Balaban J connectivity index is 1.76. The number of alkyl halides is 3. The van der Waals surface area contributed by atoms with Gasteiger partial charge in [-0.05, 0) is 39.3 Å². The molecule has 4 N–H and O–H groups in total. The number of carbonyl (C=O) groups is 2. The van der Waals surface area contributed by atoms with E-state index in [1.165, 1.54) is 22.5 Å². The number of Topliss-reactive ketones (excluding diaryl/α,β-unsaturated/α-hetero) is 1. The van der Waals surface area contributed by atoms with Crippen molar-refractivity contribution in [2.45, 2.75) is 58.2 Å². The molecule has 0 bridgehead atoms. The van der Waals surface area contributed by atoms with Gasteiger partial charge in [0.15, 0.2) is 0 Å². The van der Waals surface area contributed by atoms with Crippen LogP contribution in [0.15, 0.2) is 30.3 Å². The lowest BCUT2D eigenvalue weighted by atomic mass is 9.88. The van der Waals surface area contributed by atoms with E-state index in [-0.39, 0.29) is 47.4 Å². The molecule has 35 heavy (non-hydrogen) atoms. The number of amides is 1. The van der Waals surface area contributed by atoms with Gasteiger partial charge in [-0.1, -0.05) is 24.3 Å². The van der Waals surface area contributed by atoms with Crippen molar-refractivity contribution in [3.8, 4) is 11.3 Å². The molecule has 11 heteroatoms. The minimum atomic E-state index is -4.45. The van der Waals surface area contributed by atoms with Crippen LogP contribution in [-0.4, -0.2) is 37.4 Å². The first-order valence-corrected chi connectivity index (χ1v) is 11.0. The number of primary amides is 1. The Bertz CT molecular complexity index is 1250. The maximum Gasteiger partial charge on any atom is 0.399 e. The second-order valence-corrected chi connectivity index (χ2v) is 9.37. The summed E-state index contributed by atoms with van der Waals surface area (Å²) in [6.07, 6.45) is -4.47. The van der Waals surface area contributed by atoms with Gasteiger partial charge in [-0.3, -0.25) is 14.3 Å². The van der Waals surface area contributed by atoms with E-state index in [9.17, 15) is 22.8 Å². The number of carbonyl (C=O) groups excluding carboxylic acids is 2. The number of halogens is 3. The normalized spacial score (nSPS) is 12.4. The smallest absolute Gasteiger partial charge is 0.383 e. The Hall–Kier alpha value is -3.63. The third-order valence-corrected chi connectivity index (χ3v) is 5.97. The summed E-state index contributed by atoms with van der Waals surface area (Å²) < 4.78 is 42.9. The third-order valence-electron chi connectivity index (χ3n) is 5.97. The molecule has 0 spiro atoms. The summed E-state index contributed by atoms with van der Waals surface area (Å²) in [6, 6.07) is 8.12. The summed E-state index contributed by atoms with van der Waals surface area (Å²) in [7, 11) is 1.43. The van der Waals surface area contributed by atoms with E-state index in [2.05, 4.69) is 10.2 Å². The molecule has 0 atom stereocenters. The zero-order valence-electron chi connectivity index (χ0n) is 20.3. The van der Waals surface area contributed by atoms with Crippen LogP contribution in [0.25, 0.3) is 11.3 Å². The molecule has 3 rings (SSSR count). The Kier molecular flexibility index (Phi) is 6.83. The molecule has 0 aliphatic rings. The Morgan fingerprint density at radius 3 is 2.17 bits per heavy atom. The monoisotopic (exact) mass is 490 g/mol. The standard InChI is InChI=1S/C24H29F3N6O2/c1-13(2)33-21(28)19(22(29)35)20(31-33)15-8-6-14(7-9-15)10-17(34)11-16-12-18(32(5)30-16)23(3,4)24(25,26)27/h6-9,12-13H,10-11,28H2,1-5H3,(H2,29,35). The Morgan fingerprint density at radius 2 is 1.66 bits per heavy atom.